The van der Waals surface area contributed by atoms with Crippen LogP contribution < -0.4 is 0 Å². The molecule has 0 N–H and O–H groups in total. The Morgan fingerprint density at radius 3 is 1.86 bits per heavy atom. The lowest BCUT2D eigenvalue weighted by Crippen LogP contribution is -1.92. The molecule has 0 amide bonds. The molecule has 0 aliphatic carbocycles. The number of hydrogen-bond donors (Lipinski definition) is 0. The number of carbonyl (C=O) groups is 2. The van der Waals surface area contributed by atoms with Gasteiger partial charge in [0, 0.05) is 11.1 Å². The highest BCUT2D eigenvalue weighted by Crippen LogP contribution is 2.29. The summed E-state index contributed by atoms with van der Waals surface area (Å²) >= 11 is 0. The van der Waals surface area contributed by atoms with Crippen LogP contribution in [0.4, 0.5) is 0 Å². The summed E-state index contributed by atoms with van der Waals surface area (Å²) in [6.45, 7) is 0. The van der Waals surface area contributed by atoms with Crippen LogP contribution in [0.15, 0.2) is 60.7 Å². The van der Waals surface area contributed by atoms with E-state index in [9.17, 15) is 9.59 Å². The van der Waals surface area contributed by atoms with E-state index >= 15 is 0 Å². The average molecular weight is 284 g/mol. The zero-order valence-electron chi connectivity index (χ0n) is 11.7. The maximum absolute atomic E-state index is 11.4. The van der Waals surface area contributed by atoms with Crippen molar-refractivity contribution in [1.29, 1.82) is 0 Å². The number of hydrogen-bond acceptors (Lipinski definition) is 2. The van der Waals surface area contributed by atoms with Crippen molar-refractivity contribution >= 4 is 44.9 Å². The summed E-state index contributed by atoms with van der Waals surface area (Å²) in [5.41, 5.74) is 0.894. The van der Waals surface area contributed by atoms with Gasteiger partial charge in [-0.3, -0.25) is 9.59 Å². The van der Waals surface area contributed by atoms with Crippen LogP contribution in [0.25, 0.3) is 32.3 Å². The molecule has 0 saturated carbocycles. The van der Waals surface area contributed by atoms with Gasteiger partial charge in [0.15, 0.2) is 12.6 Å². The number of rotatable bonds is 2. The van der Waals surface area contributed by atoms with Crippen LogP contribution in [0.1, 0.15) is 20.7 Å². The van der Waals surface area contributed by atoms with E-state index in [0.717, 1.165) is 39.5 Å². The molecule has 2 nitrogen and oxygen atoms in total. The third-order valence-corrected chi connectivity index (χ3v) is 4.16. The summed E-state index contributed by atoms with van der Waals surface area (Å²) in [6.07, 6.45) is 1.49. The highest BCUT2D eigenvalue weighted by atomic mass is 16.1. The predicted octanol–water partition coefficient (Wildman–Crippen LogP) is 4.77. The van der Waals surface area contributed by atoms with Gasteiger partial charge in [-0.05, 0) is 56.6 Å². The lowest BCUT2D eigenvalue weighted by atomic mass is 9.95. The van der Waals surface area contributed by atoms with Crippen LogP contribution in [-0.4, -0.2) is 12.6 Å². The molecule has 4 aromatic carbocycles. The van der Waals surface area contributed by atoms with Gasteiger partial charge in [-0.2, -0.15) is 0 Å². The molecule has 0 unspecified atom stereocenters. The van der Waals surface area contributed by atoms with Crippen LogP contribution >= 0.6 is 0 Å². The molecule has 0 aromatic heterocycles. The van der Waals surface area contributed by atoms with Crippen LogP contribution in [0.2, 0.25) is 0 Å². The standard InChI is InChI=1S/C20H12O2/c21-11-16-6-5-15-9-17-7-13-3-1-2-4-14(13)8-18(17)10-19(15)20(16)12-22/h1-12H. The maximum Gasteiger partial charge on any atom is 0.151 e. The van der Waals surface area contributed by atoms with E-state index in [1.807, 2.05) is 24.3 Å². The summed E-state index contributed by atoms with van der Waals surface area (Å²) < 4.78 is 0. The molecule has 0 radical (unpaired) electrons. The summed E-state index contributed by atoms with van der Waals surface area (Å²) in [6, 6.07) is 20.1. The molecule has 0 bridgehead atoms. The second-order valence-corrected chi connectivity index (χ2v) is 5.42. The third kappa shape index (κ3) is 1.81. The highest BCUT2D eigenvalue weighted by Gasteiger charge is 2.08. The molecule has 4 aromatic rings. The van der Waals surface area contributed by atoms with Gasteiger partial charge < -0.3 is 0 Å². The van der Waals surface area contributed by atoms with Gasteiger partial charge in [0.2, 0.25) is 0 Å². The summed E-state index contributed by atoms with van der Waals surface area (Å²) in [7, 11) is 0. The first-order valence-corrected chi connectivity index (χ1v) is 7.10. The second-order valence-electron chi connectivity index (χ2n) is 5.42. The molecule has 0 saturated heterocycles. The molecule has 104 valence electrons. The first kappa shape index (κ1) is 12.7. The SMILES string of the molecule is O=Cc1ccc2cc3cc4ccccc4cc3cc2c1C=O. The van der Waals surface area contributed by atoms with E-state index in [-0.39, 0.29) is 0 Å². The van der Waals surface area contributed by atoms with E-state index in [1.54, 1.807) is 6.07 Å². The zero-order chi connectivity index (χ0) is 15.1. The van der Waals surface area contributed by atoms with Gasteiger partial charge in [-0.15, -0.1) is 0 Å². The second kappa shape index (κ2) is 4.78. The van der Waals surface area contributed by atoms with Gasteiger partial charge in [-0.1, -0.05) is 36.4 Å². The highest BCUT2D eigenvalue weighted by molar-refractivity contribution is 6.11. The normalized spacial score (nSPS) is 11.1. The minimum Gasteiger partial charge on any atom is -0.298 e. The monoisotopic (exact) mass is 284 g/mol. The van der Waals surface area contributed by atoms with Crippen molar-refractivity contribution in [3.8, 4) is 0 Å². The number of fused-ring (bicyclic) bond motifs is 3. The molecule has 2 heteroatoms. The minimum absolute atomic E-state index is 0.433. The molecule has 4 rings (SSSR count). The van der Waals surface area contributed by atoms with Crippen molar-refractivity contribution in [2.45, 2.75) is 0 Å². The molecule has 0 aliphatic heterocycles. The average Bonchev–Trinajstić information content (AvgIpc) is 2.57. The lowest BCUT2D eigenvalue weighted by Gasteiger charge is -2.08. The van der Waals surface area contributed by atoms with E-state index < -0.39 is 0 Å². The Balaban J connectivity index is 2.16. The van der Waals surface area contributed by atoms with Gasteiger partial charge in [0.25, 0.3) is 0 Å². The summed E-state index contributed by atoms with van der Waals surface area (Å²) in [5, 5.41) is 6.33. The summed E-state index contributed by atoms with van der Waals surface area (Å²) in [4.78, 5) is 22.5. The molecule has 0 fully saturated rings. The van der Waals surface area contributed by atoms with Gasteiger partial charge >= 0.3 is 0 Å². The molecular formula is C20H12O2. The minimum atomic E-state index is 0.433. The van der Waals surface area contributed by atoms with E-state index in [1.165, 1.54) is 5.39 Å². The van der Waals surface area contributed by atoms with Gasteiger partial charge in [0.1, 0.15) is 0 Å². The Kier molecular flexibility index (Phi) is 2.76. The van der Waals surface area contributed by atoms with E-state index in [0.29, 0.717) is 11.1 Å². The first-order chi connectivity index (χ1) is 10.8. The number of carbonyl (C=O) groups excluding carboxylic acids is 2. The van der Waals surface area contributed by atoms with E-state index in [4.69, 9.17) is 0 Å². The Morgan fingerprint density at radius 1 is 0.591 bits per heavy atom. The predicted molar refractivity (Wildman–Crippen MR) is 89.7 cm³/mol. The van der Waals surface area contributed by atoms with Crippen molar-refractivity contribution in [1.82, 2.24) is 0 Å². The first-order valence-electron chi connectivity index (χ1n) is 7.10. The Bertz CT molecular complexity index is 1060. The van der Waals surface area contributed by atoms with Crippen molar-refractivity contribution < 1.29 is 9.59 Å². The van der Waals surface area contributed by atoms with Crippen LogP contribution in [0, 0.1) is 0 Å². The molecule has 0 spiro atoms. The smallest absolute Gasteiger partial charge is 0.151 e. The van der Waals surface area contributed by atoms with E-state index in [2.05, 4.69) is 30.3 Å². The largest absolute Gasteiger partial charge is 0.298 e. The number of aldehydes is 2. The molecule has 0 heterocycles. The van der Waals surface area contributed by atoms with Crippen molar-refractivity contribution in [2.24, 2.45) is 0 Å². The zero-order valence-corrected chi connectivity index (χ0v) is 11.7. The van der Waals surface area contributed by atoms with Crippen molar-refractivity contribution in [3.63, 3.8) is 0 Å². The molecule has 0 atom stereocenters. The lowest BCUT2D eigenvalue weighted by molar-refractivity contribution is 0.109. The quantitative estimate of drug-likeness (QED) is 0.392. The van der Waals surface area contributed by atoms with Gasteiger partial charge in [-0.25, -0.2) is 0 Å². The van der Waals surface area contributed by atoms with Gasteiger partial charge in [0.05, 0.1) is 0 Å². The Morgan fingerprint density at radius 2 is 1.23 bits per heavy atom. The third-order valence-electron chi connectivity index (χ3n) is 4.16. The van der Waals surface area contributed by atoms with Crippen LogP contribution in [-0.2, 0) is 0 Å². The fourth-order valence-corrected chi connectivity index (χ4v) is 3.04. The summed E-state index contributed by atoms with van der Waals surface area (Å²) in [5.74, 6) is 0. The topological polar surface area (TPSA) is 34.1 Å². The number of benzene rings is 4. The molecule has 0 aliphatic rings. The Labute approximate surface area is 127 Å². The van der Waals surface area contributed by atoms with Crippen molar-refractivity contribution in [3.05, 3.63) is 71.8 Å². The van der Waals surface area contributed by atoms with Crippen molar-refractivity contribution in [2.75, 3.05) is 0 Å². The molecule has 22 heavy (non-hydrogen) atoms. The Hall–Kier alpha value is -3.00. The fourth-order valence-electron chi connectivity index (χ4n) is 3.04. The van der Waals surface area contributed by atoms with Crippen LogP contribution in [0.3, 0.4) is 0 Å². The maximum atomic E-state index is 11.4. The fraction of sp³-hybridized carbons (Fsp3) is 0. The van der Waals surface area contributed by atoms with Crippen LogP contribution in [0.5, 0.6) is 0 Å². The molecular weight excluding hydrogens is 272 g/mol.